The number of aryl methyl sites for hydroxylation is 1. The van der Waals surface area contributed by atoms with E-state index in [-0.39, 0.29) is 54.9 Å². The molecule has 11 rings (SSSR count). The molecule has 7 aliphatic rings. The van der Waals surface area contributed by atoms with Crippen molar-refractivity contribution in [3.8, 4) is 22.5 Å². The third kappa shape index (κ3) is 11.2. The number of carbonyl (C=O) groups is 5. The van der Waals surface area contributed by atoms with Gasteiger partial charge in [-0.05, 0) is 87.5 Å². The number of likely N-dealkylation sites (N-methyl/N-ethyl adjacent to an activating group) is 1. The van der Waals surface area contributed by atoms with Crippen molar-refractivity contribution in [2.45, 2.75) is 136 Å². The SMILES string of the molecule is CCn1c(-c2cc(N3CCN4CCOC[C@@H]4C3)cnc2[C@H](C)OC)c2c3cc(ccc31)-c1csc(n1)C[C@H](NC(=O)[C@H](C(C)C)N(C)C(=O)[C@H]1CN(C(=O)[C@@H]3N[C@@H]3C3CC3)C[C@H]1C)C(=O)N1CCC[C@H](N1)C(=O)OCC(C)(C)C2. The number of piperazine rings is 1. The lowest BCUT2D eigenvalue weighted by atomic mass is 9.84. The number of pyridine rings is 1. The molecule has 9 atom stereocenters. The summed E-state index contributed by atoms with van der Waals surface area (Å²) in [6.45, 7) is 21.2. The van der Waals surface area contributed by atoms with Gasteiger partial charge >= 0.3 is 5.97 Å². The zero-order chi connectivity index (χ0) is 55.6. The minimum Gasteiger partial charge on any atom is -0.464 e. The Morgan fingerprint density at radius 3 is 2.61 bits per heavy atom. The van der Waals surface area contributed by atoms with Gasteiger partial charge in [0.25, 0.3) is 5.91 Å². The number of amides is 4. The Balaban J connectivity index is 0.919. The Morgan fingerprint density at radius 2 is 1.85 bits per heavy atom. The molecule has 6 bridgehead atoms. The molecule has 19 nitrogen and oxygen atoms in total. The summed E-state index contributed by atoms with van der Waals surface area (Å²) in [4.78, 5) is 90.5. The average molecular weight is 1100 g/mol. The lowest BCUT2D eigenvalue weighted by molar-refractivity contribution is -0.155. The van der Waals surface area contributed by atoms with Crippen molar-refractivity contribution in [1.29, 1.82) is 0 Å². The largest absolute Gasteiger partial charge is 0.464 e. The zero-order valence-electron chi connectivity index (χ0n) is 47.6. The Labute approximate surface area is 468 Å². The van der Waals surface area contributed by atoms with E-state index in [2.05, 4.69) is 75.5 Å². The third-order valence-corrected chi connectivity index (χ3v) is 18.8. The van der Waals surface area contributed by atoms with Crippen LogP contribution in [0.25, 0.3) is 33.4 Å². The first kappa shape index (κ1) is 55.4. The number of morpholine rings is 1. The number of likely N-dealkylation sites (tertiary alicyclic amines) is 1. The highest BCUT2D eigenvalue weighted by Gasteiger charge is 2.54. The van der Waals surface area contributed by atoms with E-state index in [0.29, 0.717) is 69.0 Å². The highest BCUT2D eigenvalue weighted by Crippen LogP contribution is 2.44. The number of anilines is 1. The molecule has 1 saturated carbocycles. The fraction of sp³-hybridized carbons (Fsp3) is 0.644. The minimum absolute atomic E-state index is 0.0526. The number of thiazole rings is 1. The standard InChI is InChI=1S/C59H81N11O8S/c1-10-69-47-16-15-37-22-40(47)42(53(69)41-23-38(26-60-49(41)35(5)76-9)67-19-18-66-20-21-77-30-39(66)28-67)25-59(6,7)32-78-58(75)44-12-11-17-70(64-44)56(73)45(24-48-61-46(37)31-79-48)62-54(71)52(33(2)3)65(8)55(72)43-29-68(27-34(43)4)57(74)51-50(63-51)36-13-14-36/h15-16,22-23,26,31,33-36,39,43-45,50-52,63-64H,10-14,17-21,24-25,27-30,32H2,1-9H3,(H,62,71)/t34-,35+,39+,43+,44+,45+,50-,51-,52+/m1/s1. The number of rotatable bonds is 12. The van der Waals surface area contributed by atoms with Gasteiger partial charge in [0, 0.05) is 112 Å². The van der Waals surface area contributed by atoms with Crippen LogP contribution in [0.2, 0.25) is 0 Å². The molecule has 426 valence electrons. The highest BCUT2D eigenvalue weighted by molar-refractivity contribution is 7.10. The van der Waals surface area contributed by atoms with Crippen LogP contribution in [0.5, 0.6) is 0 Å². The summed E-state index contributed by atoms with van der Waals surface area (Å²) >= 11 is 1.42. The van der Waals surface area contributed by atoms with Crippen LogP contribution in [-0.4, -0.2) is 180 Å². The second kappa shape index (κ2) is 22.4. The molecule has 3 N–H and O–H groups in total. The van der Waals surface area contributed by atoms with E-state index in [1.165, 1.54) is 21.2 Å². The molecule has 0 spiro atoms. The number of benzene rings is 1. The molecule has 4 amide bonds. The maximum Gasteiger partial charge on any atom is 0.324 e. The number of hydrogen-bond donors (Lipinski definition) is 3. The summed E-state index contributed by atoms with van der Waals surface area (Å²) in [5.41, 5.74) is 10.4. The number of cyclic esters (lactones) is 1. The first-order valence-electron chi connectivity index (χ1n) is 29.0. The number of methoxy groups -OCH3 is 1. The molecular formula is C59H81N11O8S. The first-order chi connectivity index (χ1) is 37.9. The van der Waals surface area contributed by atoms with Crippen molar-refractivity contribution in [2.24, 2.45) is 29.1 Å². The predicted octanol–water partition coefficient (Wildman–Crippen LogP) is 5.05. The number of nitrogens with zero attached hydrogens (tertiary/aromatic N) is 8. The molecule has 6 aliphatic heterocycles. The summed E-state index contributed by atoms with van der Waals surface area (Å²) in [5.74, 6) is -1.80. The molecular weight excluding hydrogens is 1020 g/mol. The maximum absolute atomic E-state index is 14.9. The lowest BCUT2D eigenvalue weighted by Crippen LogP contribution is -2.62. The summed E-state index contributed by atoms with van der Waals surface area (Å²) in [7, 11) is 3.37. The van der Waals surface area contributed by atoms with Crippen LogP contribution in [-0.2, 0) is 57.6 Å². The van der Waals surface area contributed by atoms with Crippen LogP contribution in [0, 0.1) is 29.1 Å². The van der Waals surface area contributed by atoms with E-state index in [1.807, 2.05) is 44.2 Å². The van der Waals surface area contributed by atoms with Gasteiger partial charge in [-0.3, -0.25) is 44.2 Å². The Morgan fingerprint density at radius 1 is 1.04 bits per heavy atom. The van der Waals surface area contributed by atoms with Crippen molar-refractivity contribution in [3.05, 3.63) is 52.1 Å². The van der Waals surface area contributed by atoms with Crippen LogP contribution in [0.4, 0.5) is 5.69 Å². The van der Waals surface area contributed by atoms with E-state index in [4.69, 9.17) is 24.2 Å². The predicted molar refractivity (Wildman–Crippen MR) is 302 cm³/mol. The number of hydrazine groups is 1. The van der Waals surface area contributed by atoms with E-state index in [0.717, 1.165) is 96.0 Å². The van der Waals surface area contributed by atoms with Crippen LogP contribution < -0.4 is 21.0 Å². The van der Waals surface area contributed by atoms with Crippen molar-refractivity contribution in [2.75, 3.05) is 84.7 Å². The number of esters is 1. The van der Waals surface area contributed by atoms with Crippen molar-refractivity contribution < 1.29 is 38.2 Å². The third-order valence-electron chi connectivity index (χ3n) is 17.9. The van der Waals surface area contributed by atoms with Crippen molar-refractivity contribution >= 4 is 57.5 Å². The van der Waals surface area contributed by atoms with Gasteiger partial charge in [0.2, 0.25) is 17.7 Å². The quantitative estimate of drug-likeness (QED) is 0.126. The van der Waals surface area contributed by atoms with Gasteiger partial charge in [-0.25, -0.2) is 10.4 Å². The van der Waals surface area contributed by atoms with Crippen LogP contribution in [0.1, 0.15) is 96.5 Å². The molecule has 1 aliphatic carbocycles. The molecule has 0 unspecified atom stereocenters. The van der Waals surface area contributed by atoms with E-state index < -0.39 is 47.2 Å². The second-order valence-electron chi connectivity index (χ2n) is 24.6. The van der Waals surface area contributed by atoms with Crippen LogP contribution in [0.3, 0.4) is 0 Å². The molecule has 9 heterocycles. The Hall–Kier alpha value is -5.51. The van der Waals surface area contributed by atoms with Crippen molar-refractivity contribution in [3.63, 3.8) is 0 Å². The maximum atomic E-state index is 14.9. The van der Waals surface area contributed by atoms with Crippen LogP contribution >= 0.6 is 11.3 Å². The second-order valence-corrected chi connectivity index (χ2v) is 25.6. The van der Waals surface area contributed by atoms with Crippen molar-refractivity contribution in [1.82, 2.24) is 50.3 Å². The molecule has 3 aromatic heterocycles. The number of nitrogens with one attached hydrogen (secondary N) is 3. The number of carbonyl (C=O) groups excluding carboxylic acids is 5. The monoisotopic (exact) mass is 1100 g/mol. The van der Waals surface area contributed by atoms with Gasteiger partial charge in [-0.2, -0.15) is 0 Å². The minimum atomic E-state index is -1.09. The zero-order valence-corrected chi connectivity index (χ0v) is 48.4. The van der Waals surface area contributed by atoms with Gasteiger partial charge in [0.15, 0.2) is 0 Å². The fourth-order valence-corrected chi connectivity index (χ4v) is 14.1. The molecule has 79 heavy (non-hydrogen) atoms. The molecule has 4 aromatic rings. The smallest absolute Gasteiger partial charge is 0.324 e. The van der Waals surface area contributed by atoms with Crippen LogP contribution in [0.15, 0.2) is 35.8 Å². The van der Waals surface area contributed by atoms with E-state index in [9.17, 15) is 24.0 Å². The highest BCUT2D eigenvalue weighted by atomic mass is 32.1. The molecule has 0 radical (unpaired) electrons. The average Bonchev–Trinajstić information content (AvgIpc) is 4.49. The molecule has 5 saturated heterocycles. The normalized spacial score (nSPS) is 27.3. The Kier molecular flexibility index (Phi) is 15.7. The van der Waals surface area contributed by atoms with E-state index >= 15 is 0 Å². The topological polar surface area (TPSA) is 206 Å². The number of ether oxygens (including phenoxy) is 3. The summed E-state index contributed by atoms with van der Waals surface area (Å²) in [6, 6.07) is 6.33. The molecule has 6 fully saturated rings. The number of aromatic nitrogens is 3. The lowest BCUT2D eigenvalue weighted by Gasteiger charge is -2.44. The Bertz CT molecular complexity index is 2970. The number of hydrogen-bond acceptors (Lipinski definition) is 15. The fourth-order valence-electron chi connectivity index (χ4n) is 13.2. The van der Waals surface area contributed by atoms with Gasteiger partial charge in [0.1, 0.15) is 24.2 Å². The number of fused-ring (bicyclic) bond motifs is 7. The summed E-state index contributed by atoms with van der Waals surface area (Å²) in [6.07, 6.45) is 5.61. The van der Waals surface area contributed by atoms with Gasteiger partial charge in [-0.15, -0.1) is 11.3 Å². The summed E-state index contributed by atoms with van der Waals surface area (Å²) < 4.78 is 20.6. The molecule has 20 heteroatoms. The molecule has 1 aromatic carbocycles. The van der Waals surface area contributed by atoms with E-state index in [1.54, 1.807) is 14.2 Å². The van der Waals surface area contributed by atoms with Gasteiger partial charge < -0.3 is 38.8 Å². The van der Waals surface area contributed by atoms with Gasteiger partial charge in [-0.1, -0.05) is 40.7 Å². The first-order valence-corrected chi connectivity index (χ1v) is 29.9. The summed E-state index contributed by atoms with van der Waals surface area (Å²) in [5, 5.41) is 11.6. The van der Waals surface area contributed by atoms with Gasteiger partial charge in [0.05, 0.1) is 71.9 Å².